The van der Waals surface area contributed by atoms with Crippen LogP contribution in [0.4, 0.5) is 11.8 Å². The number of nitrogens with one attached hydrogen (secondary N) is 1. The molecular weight excluding hydrogens is 264 g/mol. The number of aromatic nitrogens is 2. The Morgan fingerprint density at radius 3 is 2.79 bits per heavy atom. The van der Waals surface area contributed by atoms with Gasteiger partial charge in [-0.25, -0.2) is 0 Å². The second-order valence-electron chi connectivity index (χ2n) is 3.99. The monoisotopic (exact) mass is 278 g/mol. The minimum Gasteiger partial charge on any atom is -0.439 e. The highest BCUT2D eigenvalue weighted by molar-refractivity contribution is 6.31. The first-order valence-corrected chi connectivity index (χ1v) is 6.28. The molecule has 0 aliphatic heterocycles. The molecule has 0 saturated carbocycles. The summed E-state index contributed by atoms with van der Waals surface area (Å²) in [7, 11) is 0. The summed E-state index contributed by atoms with van der Waals surface area (Å²) >= 11 is 5.96. The maximum absolute atomic E-state index is 5.96. The van der Waals surface area contributed by atoms with Crippen LogP contribution in [0.1, 0.15) is 12.5 Å². The Labute approximate surface area is 116 Å². The maximum atomic E-state index is 5.96. The second kappa shape index (κ2) is 5.75. The van der Waals surface area contributed by atoms with E-state index in [-0.39, 0.29) is 5.95 Å². The molecule has 3 N–H and O–H groups in total. The van der Waals surface area contributed by atoms with Crippen molar-refractivity contribution in [3.05, 3.63) is 34.9 Å². The summed E-state index contributed by atoms with van der Waals surface area (Å²) in [6, 6.07) is 7.10. The number of halogens is 1. The summed E-state index contributed by atoms with van der Waals surface area (Å²) in [5, 5.41) is 3.76. The van der Waals surface area contributed by atoms with E-state index < -0.39 is 0 Å². The van der Waals surface area contributed by atoms with Gasteiger partial charge in [0, 0.05) is 17.6 Å². The average molecular weight is 279 g/mol. The average Bonchev–Trinajstić information content (AvgIpc) is 2.33. The third-order valence-corrected chi connectivity index (χ3v) is 2.85. The molecule has 1 aromatic heterocycles. The molecule has 0 amide bonds. The molecule has 19 heavy (non-hydrogen) atoms. The fourth-order valence-electron chi connectivity index (χ4n) is 1.57. The SMILES string of the molecule is CCNc1cc(Oc2ccc(Cl)c(C)c2)nc(N)n1. The van der Waals surface area contributed by atoms with E-state index in [1.165, 1.54) is 0 Å². The Balaban J connectivity index is 2.24. The van der Waals surface area contributed by atoms with Crippen LogP contribution in [-0.4, -0.2) is 16.5 Å². The molecule has 0 radical (unpaired) electrons. The number of aryl methyl sites for hydroxylation is 1. The predicted molar refractivity (Wildman–Crippen MR) is 76.9 cm³/mol. The fraction of sp³-hybridized carbons (Fsp3) is 0.231. The van der Waals surface area contributed by atoms with Crippen LogP contribution in [-0.2, 0) is 0 Å². The van der Waals surface area contributed by atoms with Crippen molar-refractivity contribution in [3.63, 3.8) is 0 Å². The first-order valence-electron chi connectivity index (χ1n) is 5.91. The Morgan fingerprint density at radius 1 is 1.32 bits per heavy atom. The van der Waals surface area contributed by atoms with Crippen molar-refractivity contribution in [2.75, 3.05) is 17.6 Å². The van der Waals surface area contributed by atoms with Crippen LogP contribution in [0.3, 0.4) is 0 Å². The minimum atomic E-state index is 0.166. The third-order valence-electron chi connectivity index (χ3n) is 2.43. The van der Waals surface area contributed by atoms with Gasteiger partial charge in [-0.1, -0.05) is 11.6 Å². The lowest BCUT2D eigenvalue weighted by Crippen LogP contribution is -2.04. The van der Waals surface area contributed by atoms with Crippen molar-refractivity contribution in [1.29, 1.82) is 0 Å². The summed E-state index contributed by atoms with van der Waals surface area (Å²) in [6.07, 6.45) is 0. The molecule has 2 rings (SSSR count). The van der Waals surface area contributed by atoms with Crippen LogP contribution in [0.25, 0.3) is 0 Å². The van der Waals surface area contributed by atoms with E-state index in [4.69, 9.17) is 22.1 Å². The largest absolute Gasteiger partial charge is 0.439 e. The topological polar surface area (TPSA) is 73.1 Å². The molecule has 0 aliphatic carbocycles. The van der Waals surface area contributed by atoms with Crippen LogP contribution in [0.2, 0.25) is 5.02 Å². The van der Waals surface area contributed by atoms with Gasteiger partial charge >= 0.3 is 0 Å². The number of ether oxygens (including phenoxy) is 1. The van der Waals surface area contributed by atoms with Crippen molar-refractivity contribution in [2.45, 2.75) is 13.8 Å². The summed E-state index contributed by atoms with van der Waals surface area (Å²) in [6.45, 7) is 4.63. The molecule has 6 heteroatoms. The van der Waals surface area contributed by atoms with Gasteiger partial charge in [-0.05, 0) is 37.6 Å². The van der Waals surface area contributed by atoms with E-state index in [2.05, 4.69) is 15.3 Å². The van der Waals surface area contributed by atoms with Crippen molar-refractivity contribution >= 4 is 23.4 Å². The van der Waals surface area contributed by atoms with Crippen LogP contribution < -0.4 is 15.8 Å². The van der Waals surface area contributed by atoms with Crippen LogP contribution >= 0.6 is 11.6 Å². The van der Waals surface area contributed by atoms with E-state index in [1.54, 1.807) is 18.2 Å². The zero-order valence-corrected chi connectivity index (χ0v) is 11.5. The van der Waals surface area contributed by atoms with E-state index in [1.807, 2.05) is 19.9 Å². The number of hydrogen-bond acceptors (Lipinski definition) is 5. The van der Waals surface area contributed by atoms with Crippen molar-refractivity contribution in [3.8, 4) is 11.6 Å². The summed E-state index contributed by atoms with van der Waals surface area (Å²) in [5.74, 6) is 1.85. The molecule has 0 spiro atoms. The number of nitrogens with two attached hydrogens (primary N) is 1. The third kappa shape index (κ3) is 3.48. The standard InChI is InChI=1S/C13H15ClN4O/c1-3-16-11-7-12(18-13(15)17-11)19-9-4-5-10(14)8(2)6-9/h4-7H,3H2,1-2H3,(H3,15,16,17,18). The Kier molecular flexibility index (Phi) is 4.06. The van der Waals surface area contributed by atoms with Gasteiger partial charge in [0.1, 0.15) is 11.6 Å². The van der Waals surface area contributed by atoms with Gasteiger partial charge in [0.15, 0.2) is 0 Å². The molecule has 0 atom stereocenters. The smallest absolute Gasteiger partial charge is 0.226 e. The highest BCUT2D eigenvalue weighted by Gasteiger charge is 2.05. The lowest BCUT2D eigenvalue weighted by Gasteiger charge is -2.09. The molecule has 100 valence electrons. The second-order valence-corrected chi connectivity index (χ2v) is 4.40. The van der Waals surface area contributed by atoms with Gasteiger partial charge in [0.05, 0.1) is 0 Å². The molecule has 0 unspecified atom stereocenters. The number of anilines is 2. The van der Waals surface area contributed by atoms with E-state index in [0.29, 0.717) is 22.5 Å². The summed E-state index contributed by atoms with van der Waals surface area (Å²) < 4.78 is 5.65. The highest BCUT2D eigenvalue weighted by Crippen LogP contribution is 2.26. The van der Waals surface area contributed by atoms with Gasteiger partial charge in [-0.3, -0.25) is 0 Å². The molecule has 0 saturated heterocycles. The molecule has 5 nitrogen and oxygen atoms in total. The molecule has 0 fully saturated rings. The number of nitrogens with zero attached hydrogens (tertiary/aromatic N) is 2. The molecular formula is C13H15ClN4O. The Morgan fingerprint density at radius 2 is 2.11 bits per heavy atom. The van der Waals surface area contributed by atoms with Gasteiger partial charge in [-0.15, -0.1) is 0 Å². The highest BCUT2D eigenvalue weighted by atomic mass is 35.5. The fourth-order valence-corrected chi connectivity index (χ4v) is 1.69. The summed E-state index contributed by atoms with van der Waals surface area (Å²) in [5.41, 5.74) is 6.57. The molecule has 1 heterocycles. The normalized spacial score (nSPS) is 10.3. The van der Waals surface area contributed by atoms with Gasteiger partial charge < -0.3 is 15.8 Å². The van der Waals surface area contributed by atoms with Gasteiger partial charge in [0.2, 0.25) is 11.8 Å². The van der Waals surface area contributed by atoms with E-state index in [9.17, 15) is 0 Å². The zero-order chi connectivity index (χ0) is 13.8. The summed E-state index contributed by atoms with van der Waals surface area (Å²) in [4.78, 5) is 8.09. The van der Waals surface area contributed by atoms with Crippen LogP contribution in [0, 0.1) is 6.92 Å². The van der Waals surface area contributed by atoms with E-state index >= 15 is 0 Å². The molecule has 0 aliphatic rings. The van der Waals surface area contributed by atoms with Gasteiger partial charge in [-0.2, -0.15) is 9.97 Å². The van der Waals surface area contributed by atoms with Crippen molar-refractivity contribution < 1.29 is 4.74 Å². The number of hydrogen-bond donors (Lipinski definition) is 2. The van der Waals surface area contributed by atoms with Gasteiger partial charge in [0.25, 0.3) is 0 Å². The quantitative estimate of drug-likeness (QED) is 0.898. The molecule has 1 aromatic carbocycles. The predicted octanol–water partition coefficient (Wildman–Crippen LogP) is 3.24. The number of nitrogen functional groups attached to an aromatic ring is 1. The van der Waals surface area contributed by atoms with Crippen LogP contribution in [0.5, 0.6) is 11.6 Å². The lowest BCUT2D eigenvalue weighted by molar-refractivity contribution is 0.462. The lowest BCUT2D eigenvalue weighted by atomic mass is 10.2. The van der Waals surface area contributed by atoms with Crippen molar-refractivity contribution in [1.82, 2.24) is 9.97 Å². The Bertz CT molecular complexity index is 589. The zero-order valence-electron chi connectivity index (χ0n) is 10.8. The Hall–Kier alpha value is -2.01. The number of rotatable bonds is 4. The number of benzene rings is 1. The minimum absolute atomic E-state index is 0.166. The van der Waals surface area contributed by atoms with Crippen LogP contribution in [0.15, 0.2) is 24.3 Å². The van der Waals surface area contributed by atoms with Crippen molar-refractivity contribution in [2.24, 2.45) is 0 Å². The first kappa shape index (κ1) is 13.4. The molecule has 0 bridgehead atoms. The maximum Gasteiger partial charge on any atom is 0.226 e. The van der Waals surface area contributed by atoms with E-state index in [0.717, 1.165) is 12.1 Å². The first-order chi connectivity index (χ1) is 9.08. The molecule has 2 aromatic rings.